The monoisotopic (exact) mass is 263 g/mol. The van der Waals surface area contributed by atoms with E-state index >= 15 is 0 Å². The number of aryl methyl sites for hydroxylation is 1. The molecule has 18 heavy (non-hydrogen) atoms. The van der Waals surface area contributed by atoms with Gasteiger partial charge in [-0.15, -0.1) is 0 Å². The number of thiocarbonyl (C=S) groups is 1. The van der Waals surface area contributed by atoms with Crippen molar-refractivity contribution in [3.8, 4) is 5.75 Å². The first kappa shape index (κ1) is 12.8. The van der Waals surface area contributed by atoms with E-state index in [0.29, 0.717) is 11.6 Å². The maximum absolute atomic E-state index is 5.66. The number of ether oxygens (including phenoxy) is 1. The van der Waals surface area contributed by atoms with Crippen molar-refractivity contribution in [1.29, 1.82) is 0 Å². The number of H-pyrrole nitrogens is 1. The summed E-state index contributed by atoms with van der Waals surface area (Å²) in [5, 5.41) is 0. The number of imidazole rings is 1. The van der Waals surface area contributed by atoms with E-state index in [9.17, 15) is 0 Å². The molecular formula is C13H17N3OS. The summed E-state index contributed by atoms with van der Waals surface area (Å²) in [5.41, 5.74) is 7.50. The van der Waals surface area contributed by atoms with Gasteiger partial charge in [0.05, 0.1) is 22.6 Å². The van der Waals surface area contributed by atoms with E-state index in [1.807, 2.05) is 25.1 Å². The first-order chi connectivity index (χ1) is 8.60. The molecule has 1 heterocycles. The Morgan fingerprint density at radius 1 is 1.56 bits per heavy atom. The van der Waals surface area contributed by atoms with Gasteiger partial charge in [0, 0.05) is 18.4 Å². The van der Waals surface area contributed by atoms with Crippen LogP contribution in [0.1, 0.15) is 19.7 Å². The molecule has 1 aromatic heterocycles. The molecule has 0 spiro atoms. The molecule has 0 bridgehead atoms. The summed E-state index contributed by atoms with van der Waals surface area (Å²) in [7, 11) is 0. The third-order valence-electron chi connectivity index (χ3n) is 2.82. The minimum atomic E-state index is 0.0728. The third kappa shape index (κ3) is 2.79. The number of nitrogens with two attached hydrogens (primary N) is 1. The molecular weight excluding hydrogens is 246 g/mol. The minimum Gasteiger partial charge on any atom is -0.493 e. The lowest BCUT2D eigenvalue weighted by atomic mass is 10.2. The van der Waals surface area contributed by atoms with Crippen molar-refractivity contribution in [2.45, 2.75) is 20.3 Å². The van der Waals surface area contributed by atoms with E-state index in [4.69, 9.17) is 22.7 Å². The minimum absolute atomic E-state index is 0.0728. The van der Waals surface area contributed by atoms with Crippen LogP contribution in [-0.2, 0) is 6.42 Å². The maximum Gasteiger partial charge on any atom is 0.121 e. The van der Waals surface area contributed by atoms with E-state index in [-0.39, 0.29) is 5.92 Å². The molecule has 0 radical (unpaired) electrons. The molecule has 1 unspecified atom stereocenters. The van der Waals surface area contributed by atoms with Crippen LogP contribution in [0.25, 0.3) is 11.0 Å². The lowest BCUT2D eigenvalue weighted by Gasteiger charge is -2.11. The molecule has 0 aliphatic rings. The molecule has 1 atom stereocenters. The maximum atomic E-state index is 5.66. The van der Waals surface area contributed by atoms with Gasteiger partial charge in [0.1, 0.15) is 11.6 Å². The number of hydrogen-bond acceptors (Lipinski definition) is 3. The Balaban J connectivity index is 2.12. The van der Waals surface area contributed by atoms with Crippen LogP contribution in [0.2, 0.25) is 0 Å². The normalized spacial score (nSPS) is 12.6. The molecule has 2 aromatic rings. The number of hydrogen-bond donors (Lipinski definition) is 2. The zero-order valence-electron chi connectivity index (χ0n) is 10.6. The predicted octanol–water partition coefficient (Wildman–Crippen LogP) is 2.43. The van der Waals surface area contributed by atoms with Crippen molar-refractivity contribution in [2.75, 3.05) is 6.61 Å². The van der Waals surface area contributed by atoms with E-state index in [0.717, 1.165) is 29.0 Å². The first-order valence-electron chi connectivity index (χ1n) is 6.01. The Morgan fingerprint density at radius 2 is 2.33 bits per heavy atom. The van der Waals surface area contributed by atoms with Gasteiger partial charge in [-0.3, -0.25) is 0 Å². The molecule has 0 aliphatic carbocycles. The molecule has 0 fully saturated rings. The number of nitrogens with one attached hydrogen (secondary N) is 1. The molecule has 4 nitrogen and oxygen atoms in total. The molecule has 5 heteroatoms. The number of benzene rings is 1. The fourth-order valence-corrected chi connectivity index (χ4v) is 1.67. The highest BCUT2D eigenvalue weighted by atomic mass is 32.1. The van der Waals surface area contributed by atoms with Crippen LogP contribution in [0.3, 0.4) is 0 Å². The fraction of sp³-hybridized carbons (Fsp3) is 0.385. The largest absolute Gasteiger partial charge is 0.493 e. The van der Waals surface area contributed by atoms with Gasteiger partial charge < -0.3 is 15.5 Å². The van der Waals surface area contributed by atoms with Crippen molar-refractivity contribution >= 4 is 28.2 Å². The fourth-order valence-electron chi connectivity index (χ4n) is 1.60. The van der Waals surface area contributed by atoms with Gasteiger partial charge >= 0.3 is 0 Å². The van der Waals surface area contributed by atoms with Crippen molar-refractivity contribution in [3.63, 3.8) is 0 Å². The standard InChI is InChI=1S/C13H17N3OS/c1-3-12-15-10-5-4-9(6-11(10)16-12)17-7-8(2)13(14)18/h4-6,8H,3,7H2,1-2H3,(H2,14,18)(H,15,16). The van der Waals surface area contributed by atoms with E-state index in [2.05, 4.69) is 16.9 Å². The summed E-state index contributed by atoms with van der Waals surface area (Å²) >= 11 is 4.91. The quantitative estimate of drug-likeness (QED) is 0.813. The number of rotatable bonds is 5. The van der Waals surface area contributed by atoms with Crippen LogP contribution in [0, 0.1) is 5.92 Å². The number of nitrogens with zero attached hydrogens (tertiary/aromatic N) is 1. The topological polar surface area (TPSA) is 63.9 Å². The summed E-state index contributed by atoms with van der Waals surface area (Å²) in [5.74, 6) is 1.86. The summed E-state index contributed by atoms with van der Waals surface area (Å²) in [6, 6.07) is 5.81. The number of fused-ring (bicyclic) bond motifs is 1. The van der Waals surface area contributed by atoms with Gasteiger partial charge in [0.2, 0.25) is 0 Å². The van der Waals surface area contributed by atoms with Crippen LogP contribution >= 0.6 is 12.2 Å². The molecule has 0 aliphatic heterocycles. The highest BCUT2D eigenvalue weighted by Gasteiger charge is 2.07. The highest BCUT2D eigenvalue weighted by molar-refractivity contribution is 7.80. The van der Waals surface area contributed by atoms with Crippen LogP contribution in [-0.4, -0.2) is 21.6 Å². The van der Waals surface area contributed by atoms with Crippen LogP contribution in [0.5, 0.6) is 5.75 Å². The van der Waals surface area contributed by atoms with Crippen LogP contribution in [0.4, 0.5) is 0 Å². The van der Waals surface area contributed by atoms with Gasteiger partial charge in [0.25, 0.3) is 0 Å². The first-order valence-corrected chi connectivity index (χ1v) is 6.41. The molecule has 96 valence electrons. The highest BCUT2D eigenvalue weighted by Crippen LogP contribution is 2.19. The Labute approximate surface area is 112 Å². The van der Waals surface area contributed by atoms with E-state index in [1.54, 1.807) is 0 Å². The number of aromatic nitrogens is 2. The Hall–Kier alpha value is -1.62. The smallest absolute Gasteiger partial charge is 0.121 e. The zero-order valence-corrected chi connectivity index (χ0v) is 11.4. The summed E-state index contributed by atoms with van der Waals surface area (Å²) < 4.78 is 5.66. The van der Waals surface area contributed by atoms with Crippen LogP contribution < -0.4 is 10.5 Å². The predicted molar refractivity (Wildman–Crippen MR) is 76.9 cm³/mol. The molecule has 0 saturated carbocycles. The second-order valence-electron chi connectivity index (χ2n) is 4.33. The second kappa shape index (κ2) is 5.35. The van der Waals surface area contributed by atoms with Crippen molar-refractivity contribution in [1.82, 2.24) is 9.97 Å². The van der Waals surface area contributed by atoms with Gasteiger partial charge in [-0.05, 0) is 12.1 Å². The van der Waals surface area contributed by atoms with Gasteiger partial charge in [-0.1, -0.05) is 26.1 Å². The molecule has 3 N–H and O–H groups in total. The average Bonchev–Trinajstić information content (AvgIpc) is 2.77. The lowest BCUT2D eigenvalue weighted by molar-refractivity contribution is 0.294. The lowest BCUT2D eigenvalue weighted by Crippen LogP contribution is -2.23. The van der Waals surface area contributed by atoms with Gasteiger partial charge in [0.15, 0.2) is 0 Å². The third-order valence-corrected chi connectivity index (χ3v) is 3.23. The van der Waals surface area contributed by atoms with E-state index < -0.39 is 0 Å². The SMILES string of the molecule is CCc1nc2ccc(OCC(C)C(N)=S)cc2[nH]1. The van der Waals surface area contributed by atoms with Crippen LogP contribution in [0.15, 0.2) is 18.2 Å². The summed E-state index contributed by atoms with van der Waals surface area (Å²) in [6.07, 6.45) is 0.892. The molecule has 0 saturated heterocycles. The van der Waals surface area contributed by atoms with Gasteiger partial charge in [-0.2, -0.15) is 0 Å². The van der Waals surface area contributed by atoms with E-state index in [1.165, 1.54) is 0 Å². The second-order valence-corrected chi connectivity index (χ2v) is 4.80. The average molecular weight is 263 g/mol. The summed E-state index contributed by atoms with van der Waals surface area (Å²) in [4.78, 5) is 8.18. The Kier molecular flexibility index (Phi) is 3.81. The Bertz CT molecular complexity index is 564. The van der Waals surface area contributed by atoms with Gasteiger partial charge in [-0.25, -0.2) is 4.98 Å². The zero-order chi connectivity index (χ0) is 13.1. The molecule has 1 aromatic carbocycles. The molecule has 0 amide bonds. The Morgan fingerprint density at radius 3 is 3.00 bits per heavy atom. The summed E-state index contributed by atoms with van der Waals surface area (Å²) in [6.45, 7) is 4.51. The molecule has 2 rings (SSSR count). The van der Waals surface area contributed by atoms with Crippen molar-refractivity contribution < 1.29 is 4.74 Å². The van der Waals surface area contributed by atoms with Crippen molar-refractivity contribution in [2.24, 2.45) is 11.7 Å². The van der Waals surface area contributed by atoms with Crippen molar-refractivity contribution in [3.05, 3.63) is 24.0 Å². The number of aromatic amines is 1.